The molecular formula is C35H25F3N4O. The number of nitrogens with zero attached hydrogens (tertiary/aromatic N) is 4. The van der Waals surface area contributed by atoms with Gasteiger partial charge in [-0.3, -0.25) is 4.57 Å². The zero-order valence-electron chi connectivity index (χ0n) is 23.1. The maximum absolute atomic E-state index is 14.2. The van der Waals surface area contributed by atoms with Crippen LogP contribution in [0.1, 0.15) is 16.7 Å². The first-order chi connectivity index (χ1) is 21.0. The van der Waals surface area contributed by atoms with Gasteiger partial charge in [0.25, 0.3) is 0 Å². The summed E-state index contributed by atoms with van der Waals surface area (Å²) in [5, 5.41) is 6.49. The second-order valence-corrected chi connectivity index (χ2v) is 10.4. The van der Waals surface area contributed by atoms with Crippen LogP contribution in [-0.4, -0.2) is 19.3 Å². The quantitative estimate of drug-likeness (QED) is 0.191. The van der Waals surface area contributed by atoms with E-state index in [1.165, 1.54) is 18.3 Å². The number of aryl methyl sites for hydroxylation is 1. The number of pyridine rings is 1. The van der Waals surface area contributed by atoms with Gasteiger partial charge < -0.3 is 4.74 Å². The van der Waals surface area contributed by atoms with Crippen LogP contribution >= 0.6 is 0 Å². The Morgan fingerprint density at radius 3 is 2.33 bits per heavy atom. The van der Waals surface area contributed by atoms with Crippen LogP contribution in [0.25, 0.3) is 44.4 Å². The van der Waals surface area contributed by atoms with Gasteiger partial charge in [0.2, 0.25) is 0 Å². The van der Waals surface area contributed by atoms with Crippen molar-refractivity contribution in [2.24, 2.45) is 0 Å². The lowest BCUT2D eigenvalue weighted by Gasteiger charge is -2.11. The molecule has 0 aliphatic heterocycles. The highest BCUT2D eigenvalue weighted by Crippen LogP contribution is 2.36. The molecule has 0 saturated carbocycles. The zero-order chi connectivity index (χ0) is 29.5. The number of para-hydroxylation sites is 1. The van der Waals surface area contributed by atoms with E-state index in [0.717, 1.165) is 33.1 Å². The maximum atomic E-state index is 14.2. The minimum atomic E-state index is -0.697. The number of hydrogen-bond donors (Lipinski definition) is 0. The van der Waals surface area contributed by atoms with Crippen molar-refractivity contribution in [1.29, 1.82) is 0 Å². The Kier molecular flexibility index (Phi) is 6.66. The molecule has 0 aliphatic carbocycles. The molecule has 0 spiro atoms. The standard InChI is InChI=1S/C35H25F3N4O/c1-22-13-23(18-36)35(24(14-22)19-37)25-20-40-41(21-25)27-5-4-6-28(16-27)43-29-9-10-31-30-7-2-3-8-32(30)42(33(31)17-29)34-15-26(38)11-12-39-34/h2-17,20-21H,18-19H2,1H3. The van der Waals surface area contributed by atoms with Gasteiger partial charge in [-0.25, -0.2) is 22.8 Å². The van der Waals surface area contributed by atoms with Crippen LogP contribution in [0.3, 0.4) is 0 Å². The van der Waals surface area contributed by atoms with E-state index in [0.29, 0.717) is 39.6 Å². The number of fused-ring (bicyclic) bond motifs is 3. The van der Waals surface area contributed by atoms with Crippen LogP contribution in [0.15, 0.2) is 110 Å². The van der Waals surface area contributed by atoms with Crippen molar-refractivity contribution >= 4 is 21.8 Å². The molecule has 7 rings (SSSR count). The van der Waals surface area contributed by atoms with E-state index in [9.17, 15) is 13.2 Å². The fourth-order valence-corrected chi connectivity index (χ4v) is 5.72. The second kappa shape index (κ2) is 10.8. The molecule has 4 aromatic carbocycles. The predicted octanol–water partition coefficient (Wildman–Crippen LogP) is 9.21. The van der Waals surface area contributed by atoms with Gasteiger partial charge in [-0.15, -0.1) is 0 Å². The van der Waals surface area contributed by atoms with Crippen molar-refractivity contribution < 1.29 is 17.9 Å². The molecule has 3 aromatic heterocycles. The second-order valence-electron chi connectivity index (χ2n) is 10.4. The Labute approximate surface area is 245 Å². The van der Waals surface area contributed by atoms with Crippen molar-refractivity contribution in [1.82, 2.24) is 19.3 Å². The lowest BCUT2D eigenvalue weighted by Crippen LogP contribution is -1.98. The molecular weight excluding hydrogens is 549 g/mol. The number of halogens is 3. The molecule has 3 heterocycles. The molecule has 8 heteroatoms. The Hall–Kier alpha value is -5.37. The molecule has 5 nitrogen and oxygen atoms in total. The summed E-state index contributed by atoms with van der Waals surface area (Å²) >= 11 is 0. The van der Waals surface area contributed by atoms with Crippen LogP contribution in [0, 0.1) is 12.7 Å². The van der Waals surface area contributed by atoms with Crippen molar-refractivity contribution in [2.45, 2.75) is 20.3 Å². The molecule has 0 radical (unpaired) electrons. The van der Waals surface area contributed by atoms with Crippen molar-refractivity contribution in [3.8, 4) is 34.1 Å². The first-order valence-electron chi connectivity index (χ1n) is 13.7. The summed E-state index contributed by atoms with van der Waals surface area (Å²) in [5.41, 5.74) is 5.31. The molecule has 0 unspecified atom stereocenters. The number of rotatable bonds is 7. The maximum Gasteiger partial charge on any atom is 0.140 e. The van der Waals surface area contributed by atoms with Gasteiger partial charge in [-0.1, -0.05) is 42.0 Å². The monoisotopic (exact) mass is 574 g/mol. The molecule has 0 aliphatic rings. The molecule has 0 bridgehead atoms. The number of alkyl halides is 2. The van der Waals surface area contributed by atoms with E-state index in [1.54, 1.807) is 29.2 Å². The fraction of sp³-hybridized carbons (Fsp3) is 0.0857. The smallest absolute Gasteiger partial charge is 0.140 e. The summed E-state index contributed by atoms with van der Waals surface area (Å²) in [4.78, 5) is 4.42. The largest absolute Gasteiger partial charge is 0.457 e. The topological polar surface area (TPSA) is 44.9 Å². The van der Waals surface area contributed by atoms with E-state index >= 15 is 0 Å². The van der Waals surface area contributed by atoms with Crippen molar-refractivity contribution in [3.05, 3.63) is 132 Å². The molecule has 0 fully saturated rings. The summed E-state index contributed by atoms with van der Waals surface area (Å²) in [6, 6.07) is 27.3. The van der Waals surface area contributed by atoms with Crippen LogP contribution in [0.2, 0.25) is 0 Å². The molecule has 43 heavy (non-hydrogen) atoms. The Balaban J connectivity index is 1.25. The number of ether oxygens (including phenoxy) is 1. The molecule has 7 aromatic rings. The van der Waals surface area contributed by atoms with Crippen molar-refractivity contribution in [2.75, 3.05) is 0 Å². The minimum absolute atomic E-state index is 0.369. The summed E-state index contributed by atoms with van der Waals surface area (Å²) < 4.78 is 51.8. The first-order valence-corrected chi connectivity index (χ1v) is 13.7. The molecule has 0 atom stereocenters. The Morgan fingerprint density at radius 1 is 0.767 bits per heavy atom. The third-order valence-electron chi connectivity index (χ3n) is 7.50. The first kappa shape index (κ1) is 26.5. The lowest BCUT2D eigenvalue weighted by atomic mass is 9.95. The Bertz CT molecular complexity index is 2110. The van der Waals surface area contributed by atoms with E-state index in [1.807, 2.05) is 78.2 Å². The van der Waals surface area contributed by atoms with Crippen LogP contribution in [-0.2, 0) is 13.3 Å². The summed E-state index contributed by atoms with van der Waals surface area (Å²) in [5.74, 6) is 1.27. The summed E-state index contributed by atoms with van der Waals surface area (Å²) in [6.45, 7) is 0.431. The van der Waals surface area contributed by atoms with Crippen LogP contribution < -0.4 is 4.74 Å². The van der Waals surface area contributed by atoms with E-state index in [-0.39, 0.29) is 5.82 Å². The highest BCUT2D eigenvalue weighted by atomic mass is 19.1. The average molecular weight is 575 g/mol. The highest BCUT2D eigenvalue weighted by molar-refractivity contribution is 6.09. The van der Waals surface area contributed by atoms with Gasteiger partial charge >= 0.3 is 0 Å². The lowest BCUT2D eigenvalue weighted by molar-refractivity contribution is 0.476. The summed E-state index contributed by atoms with van der Waals surface area (Å²) in [7, 11) is 0. The SMILES string of the molecule is Cc1cc(CF)c(-c2cnn(-c3cccc(Oc4ccc5c6ccccc6n(-c6cc(F)ccn6)c5c4)c3)c2)c(CF)c1. The highest BCUT2D eigenvalue weighted by Gasteiger charge is 2.16. The number of aromatic nitrogens is 4. The van der Waals surface area contributed by atoms with Gasteiger partial charge in [0.15, 0.2) is 0 Å². The predicted molar refractivity (Wildman–Crippen MR) is 162 cm³/mol. The van der Waals surface area contributed by atoms with Gasteiger partial charge in [0, 0.05) is 46.9 Å². The van der Waals surface area contributed by atoms with Gasteiger partial charge in [0.1, 0.15) is 36.5 Å². The van der Waals surface area contributed by atoms with Gasteiger partial charge in [0.05, 0.1) is 22.9 Å². The fourth-order valence-electron chi connectivity index (χ4n) is 5.72. The van der Waals surface area contributed by atoms with Crippen molar-refractivity contribution in [3.63, 3.8) is 0 Å². The van der Waals surface area contributed by atoms with Crippen LogP contribution in [0.5, 0.6) is 11.5 Å². The molecule has 0 amide bonds. The zero-order valence-corrected chi connectivity index (χ0v) is 23.1. The van der Waals surface area contributed by atoms with Crippen LogP contribution in [0.4, 0.5) is 13.2 Å². The minimum Gasteiger partial charge on any atom is -0.457 e. The molecule has 212 valence electrons. The van der Waals surface area contributed by atoms with E-state index in [2.05, 4.69) is 10.1 Å². The average Bonchev–Trinajstić information content (AvgIpc) is 3.64. The normalized spacial score (nSPS) is 11.4. The summed E-state index contributed by atoms with van der Waals surface area (Å²) in [6.07, 6.45) is 4.83. The number of benzene rings is 4. The Morgan fingerprint density at radius 2 is 1.53 bits per heavy atom. The van der Waals surface area contributed by atoms with E-state index in [4.69, 9.17) is 4.74 Å². The van der Waals surface area contributed by atoms with E-state index < -0.39 is 13.3 Å². The third-order valence-corrected chi connectivity index (χ3v) is 7.50. The molecule has 0 N–H and O–H groups in total. The van der Waals surface area contributed by atoms with Gasteiger partial charge in [-0.2, -0.15) is 5.10 Å². The van der Waals surface area contributed by atoms with Gasteiger partial charge in [-0.05, 0) is 60.0 Å². The molecule has 0 saturated heterocycles. The third kappa shape index (κ3) is 4.80. The number of hydrogen-bond acceptors (Lipinski definition) is 3.